The third kappa shape index (κ3) is 4.94. The molecule has 18 heavy (non-hydrogen) atoms. The molecule has 0 radical (unpaired) electrons. The van der Waals surface area contributed by atoms with Gasteiger partial charge < -0.3 is 15.1 Å². The van der Waals surface area contributed by atoms with Crippen LogP contribution in [0.1, 0.15) is 40.0 Å². The number of hydrogen-bond donors (Lipinski definition) is 1. The number of likely N-dealkylation sites (tertiary alicyclic amines) is 1. The Bertz CT molecular complexity index is 235. The molecule has 1 saturated heterocycles. The summed E-state index contributed by atoms with van der Waals surface area (Å²) in [6, 6.07) is -0.0429. The van der Waals surface area contributed by atoms with Crippen LogP contribution >= 0.6 is 0 Å². The number of nitrogens with one attached hydrogen (secondary N) is 1. The van der Waals surface area contributed by atoms with E-state index in [0.29, 0.717) is 0 Å². The Morgan fingerprint density at radius 3 is 2.39 bits per heavy atom. The summed E-state index contributed by atoms with van der Waals surface area (Å²) in [5, 5.41) is 3.35. The Kier molecular flexibility index (Phi) is 7.28. The first-order valence-electron chi connectivity index (χ1n) is 7.43. The first-order chi connectivity index (χ1) is 8.69. The minimum absolute atomic E-state index is 0.0429. The van der Waals surface area contributed by atoms with Crippen molar-refractivity contribution in [1.82, 2.24) is 15.1 Å². The average Bonchev–Trinajstić information content (AvgIpc) is 2.43. The van der Waals surface area contributed by atoms with Crippen molar-refractivity contribution in [2.24, 2.45) is 0 Å². The van der Waals surface area contributed by atoms with Gasteiger partial charge in [-0.1, -0.05) is 13.8 Å². The number of rotatable bonds is 7. The fraction of sp³-hybridized carbons (Fsp3) is 0.929. The Morgan fingerprint density at radius 2 is 1.83 bits per heavy atom. The summed E-state index contributed by atoms with van der Waals surface area (Å²) in [5.41, 5.74) is 0. The zero-order chi connectivity index (χ0) is 13.4. The highest BCUT2D eigenvalue weighted by atomic mass is 16.2. The zero-order valence-electron chi connectivity index (χ0n) is 12.2. The van der Waals surface area contributed by atoms with Crippen LogP contribution in [-0.4, -0.2) is 61.0 Å². The van der Waals surface area contributed by atoms with Crippen LogP contribution in [0.4, 0.5) is 0 Å². The SMILES string of the molecule is CCN(CC)CCNC(C)C(=O)N1CCCCC1. The second-order valence-electron chi connectivity index (χ2n) is 5.09. The third-order valence-corrected chi connectivity index (χ3v) is 3.81. The normalized spacial score (nSPS) is 18.1. The molecule has 1 aliphatic heterocycles. The van der Waals surface area contributed by atoms with Crippen LogP contribution in [0.5, 0.6) is 0 Å². The summed E-state index contributed by atoms with van der Waals surface area (Å²) in [7, 11) is 0. The summed E-state index contributed by atoms with van der Waals surface area (Å²) < 4.78 is 0. The van der Waals surface area contributed by atoms with Crippen molar-refractivity contribution in [2.75, 3.05) is 39.3 Å². The number of carbonyl (C=O) groups excluding carboxylic acids is 1. The van der Waals surface area contributed by atoms with E-state index in [9.17, 15) is 4.79 Å². The van der Waals surface area contributed by atoms with Gasteiger partial charge in [-0.05, 0) is 39.3 Å². The van der Waals surface area contributed by atoms with Crippen LogP contribution in [-0.2, 0) is 4.79 Å². The van der Waals surface area contributed by atoms with Crippen molar-refractivity contribution in [3.8, 4) is 0 Å². The van der Waals surface area contributed by atoms with Crippen LogP contribution in [0.15, 0.2) is 0 Å². The van der Waals surface area contributed by atoms with E-state index >= 15 is 0 Å². The molecule has 4 nitrogen and oxygen atoms in total. The lowest BCUT2D eigenvalue weighted by Crippen LogP contribution is -2.48. The Labute approximate surface area is 112 Å². The van der Waals surface area contributed by atoms with Gasteiger partial charge >= 0.3 is 0 Å². The van der Waals surface area contributed by atoms with Crippen molar-refractivity contribution in [2.45, 2.75) is 46.1 Å². The molecule has 1 amide bonds. The van der Waals surface area contributed by atoms with Gasteiger partial charge in [0.05, 0.1) is 6.04 Å². The largest absolute Gasteiger partial charge is 0.341 e. The van der Waals surface area contributed by atoms with E-state index in [1.165, 1.54) is 6.42 Å². The van der Waals surface area contributed by atoms with E-state index < -0.39 is 0 Å². The highest BCUT2D eigenvalue weighted by Gasteiger charge is 2.21. The minimum atomic E-state index is -0.0429. The molecule has 0 saturated carbocycles. The summed E-state index contributed by atoms with van der Waals surface area (Å²) in [5.74, 6) is 0.272. The molecular weight excluding hydrogens is 226 g/mol. The lowest BCUT2D eigenvalue weighted by atomic mass is 10.1. The van der Waals surface area contributed by atoms with Gasteiger partial charge in [-0.15, -0.1) is 0 Å². The van der Waals surface area contributed by atoms with Gasteiger partial charge in [-0.3, -0.25) is 4.79 Å². The van der Waals surface area contributed by atoms with E-state index in [0.717, 1.165) is 52.1 Å². The molecular formula is C14H29N3O. The van der Waals surface area contributed by atoms with E-state index in [2.05, 4.69) is 24.1 Å². The lowest BCUT2D eigenvalue weighted by molar-refractivity contribution is -0.133. The number of piperidine rings is 1. The standard InChI is InChI=1S/C14H29N3O/c1-4-16(5-2)12-9-15-13(3)14(18)17-10-7-6-8-11-17/h13,15H,4-12H2,1-3H3. The van der Waals surface area contributed by atoms with Crippen molar-refractivity contribution < 1.29 is 4.79 Å². The van der Waals surface area contributed by atoms with Crippen molar-refractivity contribution in [3.05, 3.63) is 0 Å². The summed E-state index contributed by atoms with van der Waals surface area (Å²) in [4.78, 5) is 16.5. The van der Waals surface area contributed by atoms with Crippen LogP contribution in [0.25, 0.3) is 0 Å². The van der Waals surface area contributed by atoms with Gasteiger partial charge in [0.2, 0.25) is 5.91 Å². The quantitative estimate of drug-likeness (QED) is 0.745. The molecule has 1 N–H and O–H groups in total. The molecule has 1 atom stereocenters. The third-order valence-electron chi connectivity index (χ3n) is 3.81. The molecule has 0 spiro atoms. The van der Waals surface area contributed by atoms with Gasteiger partial charge in [0.1, 0.15) is 0 Å². The second-order valence-corrected chi connectivity index (χ2v) is 5.09. The first-order valence-corrected chi connectivity index (χ1v) is 7.43. The van der Waals surface area contributed by atoms with Gasteiger partial charge in [0, 0.05) is 26.2 Å². The predicted octanol–water partition coefficient (Wildman–Crippen LogP) is 1.32. The van der Waals surface area contributed by atoms with Gasteiger partial charge in [0.15, 0.2) is 0 Å². The number of amides is 1. The fourth-order valence-electron chi connectivity index (χ4n) is 2.45. The molecule has 106 valence electrons. The molecule has 0 bridgehead atoms. The Morgan fingerprint density at radius 1 is 1.22 bits per heavy atom. The van der Waals surface area contributed by atoms with Crippen molar-refractivity contribution in [1.29, 1.82) is 0 Å². The van der Waals surface area contributed by atoms with E-state index in [-0.39, 0.29) is 11.9 Å². The number of nitrogens with zero attached hydrogens (tertiary/aromatic N) is 2. The summed E-state index contributed by atoms with van der Waals surface area (Å²) in [6.45, 7) is 12.3. The first kappa shape index (κ1) is 15.4. The minimum Gasteiger partial charge on any atom is -0.341 e. The Balaban J connectivity index is 2.22. The smallest absolute Gasteiger partial charge is 0.239 e. The fourth-order valence-corrected chi connectivity index (χ4v) is 2.45. The van der Waals surface area contributed by atoms with Gasteiger partial charge in [-0.25, -0.2) is 0 Å². The molecule has 1 fully saturated rings. The van der Waals surface area contributed by atoms with E-state index in [1.807, 2.05) is 11.8 Å². The molecule has 1 heterocycles. The van der Waals surface area contributed by atoms with E-state index in [1.54, 1.807) is 0 Å². The molecule has 0 aromatic rings. The molecule has 1 aliphatic rings. The van der Waals surface area contributed by atoms with Crippen molar-refractivity contribution >= 4 is 5.91 Å². The van der Waals surface area contributed by atoms with Crippen LogP contribution in [0.3, 0.4) is 0 Å². The molecule has 0 aromatic heterocycles. The molecule has 4 heteroatoms. The lowest BCUT2D eigenvalue weighted by Gasteiger charge is -2.30. The van der Waals surface area contributed by atoms with E-state index in [4.69, 9.17) is 0 Å². The predicted molar refractivity (Wildman–Crippen MR) is 75.7 cm³/mol. The average molecular weight is 255 g/mol. The maximum Gasteiger partial charge on any atom is 0.239 e. The van der Waals surface area contributed by atoms with Crippen LogP contribution in [0.2, 0.25) is 0 Å². The molecule has 1 unspecified atom stereocenters. The number of hydrogen-bond acceptors (Lipinski definition) is 3. The highest BCUT2D eigenvalue weighted by molar-refractivity contribution is 5.81. The number of likely N-dealkylation sites (N-methyl/N-ethyl adjacent to an activating group) is 1. The van der Waals surface area contributed by atoms with Crippen LogP contribution in [0, 0.1) is 0 Å². The van der Waals surface area contributed by atoms with Crippen molar-refractivity contribution in [3.63, 3.8) is 0 Å². The molecule has 1 rings (SSSR count). The molecule has 0 aromatic carbocycles. The highest BCUT2D eigenvalue weighted by Crippen LogP contribution is 2.09. The molecule has 0 aliphatic carbocycles. The summed E-state index contributed by atoms with van der Waals surface area (Å²) in [6.07, 6.45) is 3.60. The summed E-state index contributed by atoms with van der Waals surface area (Å²) >= 11 is 0. The number of carbonyl (C=O) groups is 1. The van der Waals surface area contributed by atoms with Gasteiger partial charge in [-0.2, -0.15) is 0 Å². The monoisotopic (exact) mass is 255 g/mol. The maximum atomic E-state index is 12.2. The topological polar surface area (TPSA) is 35.6 Å². The maximum absolute atomic E-state index is 12.2. The van der Waals surface area contributed by atoms with Crippen LogP contribution < -0.4 is 5.32 Å². The Hall–Kier alpha value is -0.610. The zero-order valence-corrected chi connectivity index (χ0v) is 12.2. The van der Waals surface area contributed by atoms with Gasteiger partial charge in [0.25, 0.3) is 0 Å². The second kappa shape index (κ2) is 8.48.